The molecule has 1 aromatic heterocycles. The zero-order valence-electron chi connectivity index (χ0n) is 9.95. The molecule has 15 heavy (non-hydrogen) atoms. The van der Waals surface area contributed by atoms with Crippen molar-refractivity contribution in [3.8, 4) is 0 Å². The van der Waals surface area contributed by atoms with Crippen LogP contribution >= 0.6 is 11.3 Å². The summed E-state index contributed by atoms with van der Waals surface area (Å²) in [5.41, 5.74) is 1.32. The van der Waals surface area contributed by atoms with Crippen LogP contribution in [0.4, 0.5) is 0 Å². The molecular formula is C12H21NOS. The monoisotopic (exact) mass is 227 g/mol. The van der Waals surface area contributed by atoms with Crippen LogP contribution in [0.25, 0.3) is 0 Å². The molecule has 0 radical (unpaired) electrons. The molecule has 3 heteroatoms. The molecule has 1 aromatic rings. The molecule has 1 heterocycles. The van der Waals surface area contributed by atoms with E-state index in [0.29, 0.717) is 5.92 Å². The Morgan fingerprint density at radius 2 is 2.13 bits per heavy atom. The van der Waals surface area contributed by atoms with Crippen molar-refractivity contribution in [2.75, 3.05) is 13.7 Å². The Morgan fingerprint density at radius 1 is 1.47 bits per heavy atom. The van der Waals surface area contributed by atoms with Crippen LogP contribution in [0.3, 0.4) is 0 Å². The lowest BCUT2D eigenvalue weighted by molar-refractivity contribution is 0.155. The highest BCUT2D eigenvalue weighted by molar-refractivity contribution is 7.10. The molecule has 0 aliphatic carbocycles. The third-order valence-electron chi connectivity index (χ3n) is 2.99. The Labute approximate surface area is 96.3 Å². The molecule has 2 N–H and O–H groups in total. The number of hydrogen-bond donors (Lipinski definition) is 2. The van der Waals surface area contributed by atoms with E-state index < -0.39 is 0 Å². The largest absolute Gasteiger partial charge is 0.396 e. The second-order valence-corrected chi connectivity index (χ2v) is 5.27. The summed E-state index contributed by atoms with van der Waals surface area (Å²) in [5, 5.41) is 14.9. The second kappa shape index (κ2) is 5.64. The van der Waals surface area contributed by atoms with Gasteiger partial charge in [-0.3, -0.25) is 0 Å². The van der Waals surface area contributed by atoms with Gasteiger partial charge in [0.15, 0.2) is 0 Å². The van der Waals surface area contributed by atoms with Gasteiger partial charge in [-0.1, -0.05) is 13.8 Å². The van der Waals surface area contributed by atoms with Crippen LogP contribution in [-0.4, -0.2) is 18.8 Å². The van der Waals surface area contributed by atoms with Gasteiger partial charge in [0, 0.05) is 23.4 Å². The Morgan fingerprint density at radius 3 is 2.47 bits per heavy atom. The van der Waals surface area contributed by atoms with Gasteiger partial charge in [0.1, 0.15) is 0 Å². The third kappa shape index (κ3) is 2.80. The van der Waals surface area contributed by atoms with Crippen molar-refractivity contribution in [3.63, 3.8) is 0 Å². The molecule has 2 atom stereocenters. The van der Waals surface area contributed by atoms with Gasteiger partial charge in [0.05, 0.1) is 0 Å². The predicted molar refractivity (Wildman–Crippen MR) is 66.3 cm³/mol. The minimum absolute atomic E-state index is 0.237. The summed E-state index contributed by atoms with van der Waals surface area (Å²) in [6.07, 6.45) is 0. The van der Waals surface area contributed by atoms with E-state index in [1.165, 1.54) is 10.4 Å². The molecule has 0 aliphatic heterocycles. The topological polar surface area (TPSA) is 32.3 Å². The van der Waals surface area contributed by atoms with Crippen LogP contribution in [-0.2, 0) is 0 Å². The van der Waals surface area contributed by atoms with Crippen molar-refractivity contribution in [2.45, 2.75) is 26.8 Å². The van der Waals surface area contributed by atoms with Gasteiger partial charge in [0.2, 0.25) is 0 Å². The molecule has 2 unspecified atom stereocenters. The first kappa shape index (κ1) is 12.7. The minimum Gasteiger partial charge on any atom is -0.396 e. The highest BCUT2D eigenvalue weighted by Crippen LogP contribution is 2.32. The quantitative estimate of drug-likeness (QED) is 0.810. The van der Waals surface area contributed by atoms with Crippen LogP contribution in [0.2, 0.25) is 0 Å². The first-order valence-corrected chi connectivity index (χ1v) is 6.31. The van der Waals surface area contributed by atoms with Crippen LogP contribution in [0.15, 0.2) is 11.4 Å². The summed E-state index contributed by atoms with van der Waals surface area (Å²) in [7, 11) is 1.97. The first-order valence-electron chi connectivity index (χ1n) is 5.44. The van der Waals surface area contributed by atoms with Crippen LogP contribution in [0.5, 0.6) is 0 Å². The molecule has 0 fully saturated rings. The van der Waals surface area contributed by atoms with Gasteiger partial charge < -0.3 is 10.4 Å². The molecule has 2 nitrogen and oxygen atoms in total. The van der Waals surface area contributed by atoms with E-state index >= 15 is 0 Å². The van der Waals surface area contributed by atoms with Crippen LogP contribution in [0, 0.1) is 18.8 Å². The Balaban J connectivity index is 2.92. The molecule has 86 valence electrons. The van der Waals surface area contributed by atoms with Crippen LogP contribution < -0.4 is 5.32 Å². The van der Waals surface area contributed by atoms with E-state index in [9.17, 15) is 5.11 Å². The number of aliphatic hydroxyl groups excluding tert-OH is 1. The molecule has 0 saturated carbocycles. The Hall–Kier alpha value is -0.380. The maximum Gasteiger partial charge on any atom is 0.0480 e. The van der Waals surface area contributed by atoms with Crippen molar-refractivity contribution >= 4 is 11.3 Å². The lowest BCUT2D eigenvalue weighted by Crippen LogP contribution is -2.31. The van der Waals surface area contributed by atoms with Crippen molar-refractivity contribution in [2.24, 2.45) is 11.8 Å². The smallest absolute Gasteiger partial charge is 0.0480 e. The number of thiophene rings is 1. The second-order valence-electron chi connectivity index (χ2n) is 4.32. The summed E-state index contributed by atoms with van der Waals surface area (Å²) in [6.45, 7) is 6.69. The zero-order valence-corrected chi connectivity index (χ0v) is 10.8. The number of nitrogens with one attached hydrogen (secondary N) is 1. The average Bonchev–Trinajstić information content (AvgIpc) is 2.60. The molecule has 0 amide bonds. The van der Waals surface area contributed by atoms with Gasteiger partial charge >= 0.3 is 0 Å². The highest BCUT2D eigenvalue weighted by Gasteiger charge is 2.25. The Kier molecular flexibility index (Phi) is 4.77. The van der Waals surface area contributed by atoms with E-state index in [1.54, 1.807) is 11.3 Å². The van der Waals surface area contributed by atoms with E-state index in [2.05, 4.69) is 37.5 Å². The molecule has 1 rings (SSSR count). The van der Waals surface area contributed by atoms with E-state index in [1.807, 2.05) is 7.05 Å². The zero-order chi connectivity index (χ0) is 11.4. The van der Waals surface area contributed by atoms with Gasteiger partial charge in [-0.25, -0.2) is 0 Å². The number of rotatable bonds is 5. The van der Waals surface area contributed by atoms with Crippen molar-refractivity contribution in [3.05, 3.63) is 21.9 Å². The third-order valence-corrected chi connectivity index (χ3v) is 4.09. The molecule has 0 spiro atoms. The summed E-state index contributed by atoms with van der Waals surface area (Å²) >= 11 is 1.77. The van der Waals surface area contributed by atoms with Crippen molar-refractivity contribution < 1.29 is 5.11 Å². The number of hydrogen-bond acceptors (Lipinski definition) is 3. The van der Waals surface area contributed by atoms with Crippen molar-refractivity contribution in [1.82, 2.24) is 5.32 Å². The SMILES string of the molecule is CNC(c1sccc1C)C(CO)C(C)C. The summed E-state index contributed by atoms with van der Waals surface area (Å²) in [4.78, 5) is 1.35. The van der Waals surface area contributed by atoms with Crippen LogP contribution in [0.1, 0.15) is 30.3 Å². The first-order chi connectivity index (χ1) is 7.11. The van der Waals surface area contributed by atoms with Gasteiger partial charge in [-0.15, -0.1) is 11.3 Å². The minimum atomic E-state index is 0.237. The Bertz CT molecular complexity index is 296. The lowest BCUT2D eigenvalue weighted by atomic mass is 9.87. The molecule has 0 bridgehead atoms. The molecule has 0 aliphatic rings. The van der Waals surface area contributed by atoms with Gasteiger partial charge in [-0.05, 0) is 36.9 Å². The van der Waals surface area contributed by atoms with Crippen molar-refractivity contribution in [1.29, 1.82) is 0 Å². The highest BCUT2D eigenvalue weighted by atomic mass is 32.1. The van der Waals surface area contributed by atoms with Gasteiger partial charge in [-0.2, -0.15) is 0 Å². The lowest BCUT2D eigenvalue weighted by Gasteiger charge is -2.28. The summed E-state index contributed by atoms with van der Waals surface area (Å²) < 4.78 is 0. The normalized spacial score (nSPS) is 15.6. The van der Waals surface area contributed by atoms with E-state index in [0.717, 1.165) is 0 Å². The molecule has 0 saturated heterocycles. The predicted octanol–water partition coefficient (Wildman–Crippen LogP) is 2.58. The maximum absolute atomic E-state index is 9.45. The average molecular weight is 227 g/mol. The standard InChI is InChI=1S/C12H21NOS/c1-8(2)10(7-14)11(13-4)12-9(3)5-6-15-12/h5-6,8,10-11,13-14H,7H2,1-4H3. The van der Waals surface area contributed by atoms with E-state index in [-0.39, 0.29) is 18.6 Å². The van der Waals surface area contributed by atoms with Gasteiger partial charge in [0.25, 0.3) is 0 Å². The molecule has 0 aromatic carbocycles. The van der Waals surface area contributed by atoms with E-state index in [4.69, 9.17) is 0 Å². The molecular weight excluding hydrogens is 206 g/mol. The number of aryl methyl sites for hydroxylation is 1. The fourth-order valence-corrected chi connectivity index (χ4v) is 3.06. The number of aliphatic hydroxyl groups is 1. The summed E-state index contributed by atoms with van der Waals surface area (Å²) in [6, 6.07) is 2.41. The maximum atomic E-state index is 9.45. The summed E-state index contributed by atoms with van der Waals surface area (Å²) in [5.74, 6) is 0.765. The fraction of sp³-hybridized carbons (Fsp3) is 0.667. The fourth-order valence-electron chi connectivity index (χ4n) is 1.94.